The van der Waals surface area contributed by atoms with E-state index >= 15 is 0 Å². The van der Waals surface area contributed by atoms with Crippen LogP contribution in [0.2, 0.25) is 0 Å². The van der Waals surface area contributed by atoms with Crippen LogP contribution in [0.15, 0.2) is 53.4 Å². The molecule has 0 saturated carbocycles. The van der Waals surface area contributed by atoms with Crippen LogP contribution in [0.1, 0.15) is 6.42 Å². The number of methoxy groups -OCH3 is 1. The second-order valence-corrected chi connectivity index (χ2v) is 5.62. The molecule has 0 aromatic heterocycles. The number of nitrogens with one attached hydrogen (secondary N) is 1. The van der Waals surface area contributed by atoms with Gasteiger partial charge in [0, 0.05) is 28.4 Å². The molecule has 0 unspecified atom stereocenters. The molecule has 21 heavy (non-hydrogen) atoms. The van der Waals surface area contributed by atoms with E-state index in [1.165, 1.54) is 0 Å². The third-order valence-corrected chi connectivity index (χ3v) is 3.80. The summed E-state index contributed by atoms with van der Waals surface area (Å²) >= 11 is 1.63. The molecular formula is C16H18N2O2S. The Morgan fingerprint density at radius 2 is 2.05 bits per heavy atom. The summed E-state index contributed by atoms with van der Waals surface area (Å²) in [7, 11) is 1.64. The molecule has 3 N–H and O–H groups in total. The normalized spacial score (nSPS) is 10.1. The lowest BCUT2D eigenvalue weighted by molar-refractivity contribution is -0.115. The van der Waals surface area contributed by atoms with Crippen molar-refractivity contribution >= 4 is 29.0 Å². The second kappa shape index (κ2) is 7.59. The van der Waals surface area contributed by atoms with E-state index in [1.54, 1.807) is 31.0 Å². The maximum absolute atomic E-state index is 11.8. The fourth-order valence-corrected chi connectivity index (χ4v) is 2.69. The Labute approximate surface area is 128 Å². The van der Waals surface area contributed by atoms with Crippen LogP contribution in [-0.2, 0) is 4.79 Å². The summed E-state index contributed by atoms with van der Waals surface area (Å²) in [6.07, 6.45) is 0.441. The monoisotopic (exact) mass is 302 g/mol. The lowest BCUT2D eigenvalue weighted by Gasteiger charge is -2.06. The van der Waals surface area contributed by atoms with Gasteiger partial charge in [-0.2, -0.15) is 0 Å². The molecule has 2 aromatic rings. The van der Waals surface area contributed by atoms with Gasteiger partial charge < -0.3 is 15.8 Å². The first-order valence-electron chi connectivity index (χ1n) is 6.59. The van der Waals surface area contributed by atoms with Crippen molar-refractivity contribution in [1.29, 1.82) is 0 Å². The zero-order chi connectivity index (χ0) is 15.1. The Bertz CT molecular complexity index is 617. The summed E-state index contributed by atoms with van der Waals surface area (Å²) in [5, 5.41) is 2.83. The van der Waals surface area contributed by atoms with Crippen molar-refractivity contribution in [2.45, 2.75) is 11.3 Å². The molecule has 2 aromatic carbocycles. The number of carbonyl (C=O) groups is 1. The van der Waals surface area contributed by atoms with Gasteiger partial charge in [0.05, 0.1) is 7.11 Å². The molecule has 1 amide bonds. The zero-order valence-corrected chi connectivity index (χ0v) is 12.7. The smallest absolute Gasteiger partial charge is 0.225 e. The second-order valence-electron chi connectivity index (χ2n) is 4.45. The van der Waals surface area contributed by atoms with Gasteiger partial charge in [-0.25, -0.2) is 0 Å². The highest BCUT2D eigenvalue weighted by Gasteiger charge is 2.04. The van der Waals surface area contributed by atoms with Gasteiger partial charge in [-0.1, -0.05) is 12.1 Å². The molecule has 0 bridgehead atoms. The summed E-state index contributed by atoms with van der Waals surface area (Å²) in [4.78, 5) is 12.9. The number of hydrogen-bond acceptors (Lipinski definition) is 4. The van der Waals surface area contributed by atoms with Gasteiger partial charge in [0.15, 0.2) is 0 Å². The van der Waals surface area contributed by atoms with Crippen LogP contribution < -0.4 is 15.8 Å². The zero-order valence-electron chi connectivity index (χ0n) is 11.8. The van der Waals surface area contributed by atoms with Crippen molar-refractivity contribution in [1.82, 2.24) is 0 Å². The molecule has 0 aliphatic rings. The molecule has 0 spiro atoms. The van der Waals surface area contributed by atoms with Crippen LogP contribution >= 0.6 is 11.8 Å². The third kappa shape index (κ3) is 5.04. The predicted octanol–water partition coefficient (Wildman–Crippen LogP) is 3.40. The quantitative estimate of drug-likeness (QED) is 0.634. The van der Waals surface area contributed by atoms with Gasteiger partial charge in [-0.15, -0.1) is 11.8 Å². The SMILES string of the molecule is COc1cccc(SCCC(=O)Nc2cccc(N)c2)c1. The molecule has 4 nitrogen and oxygen atoms in total. The Balaban J connectivity index is 1.79. The number of anilines is 2. The minimum Gasteiger partial charge on any atom is -0.497 e. The first-order valence-corrected chi connectivity index (χ1v) is 7.58. The van der Waals surface area contributed by atoms with Gasteiger partial charge in [0.1, 0.15) is 5.75 Å². The average molecular weight is 302 g/mol. The molecule has 0 heterocycles. The number of amides is 1. The lowest BCUT2D eigenvalue weighted by Crippen LogP contribution is -2.12. The fourth-order valence-electron chi connectivity index (χ4n) is 1.79. The van der Waals surface area contributed by atoms with Crippen LogP contribution in [-0.4, -0.2) is 18.8 Å². The molecule has 110 valence electrons. The van der Waals surface area contributed by atoms with Crippen LogP contribution in [0, 0.1) is 0 Å². The van der Waals surface area contributed by atoms with Gasteiger partial charge in [0.2, 0.25) is 5.91 Å². The number of nitrogen functional groups attached to an aromatic ring is 1. The van der Waals surface area contributed by atoms with Crippen molar-refractivity contribution in [3.63, 3.8) is 0 Å². The first kappa shape index (κ1) is 15.3. The summed E-state index contributed by atoms with van der Waals surface area (Å²) in [6, 6.07) is 15.0. The van der Waals surface area contributed by atoms with Gasteiger partial charge in [0.25, 0.3) is 0 Å². The highest BCUT2D eigenvalue weighted by atomic mass is 32.2. The number of rotatable bonds is 6. The minimum atomic E-state index is -0.0176. The number of carbonyl (C=O) groups excluding carboxylic acids is 1. The molecule has 0 saturated heterocycles. The number of nitrogens with two attached hydrogens (primary N) is 1. The summed E-state index contributed by atoms with van der Waals surface area (Å²) in [5.74, 6) is 1.52. The van der Waals surface area contributed by atoms with Gasteiger partial charge in [-0.05, 0) is 36.4 Å². The van der Waals surface area contributed by atoms with E-state index in [2.05, 4.69) is 5.32 Å². The Hall–Kier alpha value is -2.14. The van der Waals surface area contributed by atoms with E-state index in [0.29, 0.717) is 17.9 Å². The van der Waals surface area contributed by atoms with Crippen LogP contribution in [0.25, 0.3) is 0 Å². The summed E-state index contributed by atoms with van der Waals surface area (Å²) in [5.41, 5.74) is 7.04. The Morgan fingerprint density at radius 3 is 2.81 bits per heavy atom. The van der Waals surface area contributed by atoms with Crippen LogP contribution in [0.3, 0.4) is 0 Å². The average Bonchev–Trinajstić information content (AvgIpc) is 2.47. The molecule has 5 heteroatoms. The Kier molecular flexibility index (Phi) is 5.51. The van der Waals surface area contributed by atoms with E-state index in [9.17, 15) is 4.79 Å². The van der Waals surface area contributed by atoms with Crippen molar-refractivity contribution in [3.05, 3.63) is 48.5 Å². The highest BCUT2D eigenvalue weighted by molar-refractivity contribution is 7.99. The fraction of sp³-hybridized carbons (Fsp3) is 0.188. The lowest BCUT2D eigenvalue weighted by atomic mass is 10.3. The van der Waals surface area contributed by atoms with E-state index < -0.39 is 0 Å². The van der Waals surface area contributed by atoms with Crippen LogP contribution in [0.5, 0.6) is 5.75 Å². The Morgan fingerprint density at radius 1 is 1.24 bits per heavy atom. The maximum atomic E-state index is 11.8. The van der Waals surface area contributed by atoms with Gasteiger partial charge in [-0.3, -0.25) is 4.79 Å². The number of benzene rings is 2. The number of ether oxygens (including phenoxy) is 1. The largest absolute Gasteiger partial charge is 0.497 e. The highest BCUT2D eigenvalue weighted by Crippen LogP contribution is 2.23. The van der Waals surface area contributed by atoms with Crippen LogP contribution in [0.4, 0.5) is 11.4 Å². The van der Waals surface area contributed by atoms with E-state index in [0.717, 1.165) is 16.3 Å². The minimum absolute atomic E-state index is 0.0176. The van der Waals surface area contributed by atoms with Crippen molar-refractivity contribution in [3.8, 4) is 5.75 Å². The maximum Gasteiger partial charge on any atom is 0.225 e. The molecule has 0 aliphatic heterocycles. The topological polar surface area (TPSA) is 64.3 Å². The van der Waals surface area contributed by atoms with Crippen molar-refractivity contribution < 1.29 is 9.53 Å². The summed E-state index contributed by atoms with van der Waals surface area (Å²) in [6.45, 7) is 0. The molecule has 0 radical (unpaired) electrons. The number of thioether (sulfide) groups is 1. The van der Waals surface area contributed by atoms with Gasteiger partial charge >= 0.3 is 0 Å². The van der Waals surface area contributed by atoms with E-state index in [-0.39, 0.29) is 5.91 Å². The molecule has 0 fully saturated rings. The van der Waals surface area contributed by atoms with Crippen molar-refractivity contribution in [2.75, 3.05) is 23.9 Å². The molecule has 0 aliphatic carbocycles. The third-order valence-electron chi connectivity index (χ3n) is 2.81. The van der Waals surface area contributed by atoms with E-state index in [4.69, 9.17) is 10.5 Å². The van der Waals surface area contributed by atoms with E-state index in [1.807, 2.05) is 36.4 Å². The standard InChI is InChI=1S/C16H18N2O2S/c1-20-14-6-3-7-15(11-14)21-9-8-16(19)18-13-5-2-4-12(17)10-13/h2-7,10-11H,8-9,17H2,1H3,(H,18,19). The van der Waals surface area contributed by atoms with Crippen molar-refractivity contribution in [2.24, 2.45) is 0 Å². The number of hydrogen-bond donors (Lipinski definition) is 2. The molecule has 2 rings (SSSR count). The molecular weight excluding hydrogens is 284 g/mol. The summed E-state index contributed by atoms with van der Waals surface area (Å²) < 4.78 is 5.17. The molecule has 0 atom stereocenters. The predicted molar refractivity (Wildman–Crippen MR) is 87.8 cm³/mol. The first-order chi connectivity index (χ1) is 10.2.